The fourth-order valence-corrected chi connectivity index (χ4v) is 4.54. The van der Waals surface area contributed by atoms with E-state index in [4.69, 9.17) is 4.98 Å². The molecule has 1 aromatic heterocycles. The van der Waals surface area contributed by atoms with Crippen molar-refractivity contribution in [3.05, 3.63) is 52.0 Å². The van der Waals surface area contributed by atoms with Gasteiger partial charge in [-0.1, -0.05) is 51.1 Å². The molecule has 4 heteroatoms. The fourth-order valence-electron chi connectivity index (χ4n) is 3.47. The zero-order valence-corrected chi connectivity index (χ0v) is 16.9. The third kappa shape index (κ3) is 4.49. The van der Waals surface area contributed by atoms with Gasteiger partial charge in [0.25, 0.3) is 0 Å². The highest BCUT2D eigenvalue weighted by Gasteiger charge is 2.28. The first-order valence-corrected chi connectivity index (χ1v) is 10.2. The topological polar surface area (TPSA) is 28.2 Å². The van der Waals surface area contributed by atoms with Crippen LogP contribution in [0.25, 0.3) is 0 Å². The predicted molar refractivity (Wildman–Crippen MR) is 107 cm³/mol. The summed E-state index contributed by atoms with van der Waals surface area (Å²) in [5, 5.41) is 7.22. The molecule has 3 atom stereocenters. The Morgan fingerprint density at radius 3 is 2.56 bits per heavy atom. The van der Waals surface area contributed by atoms with Crippen LogP contribution in [0.5, 0.6) is 0 Å². The highest BCUT2D eigenvalue weighted by atomic mass is 32.1. The van der Waals surface area contributed by atoms with E-state index in [0.717, 1.165) is 13.1 Å². The van der Waals surface area contributed by atoms with Gasteiger partial charge in [0.2, 0.25) is 0 Å². The zero-order valence-electron chi connectivity index (χ0n) is 16.1. The van der Waals surface area contributed by atoms with Crippen LogP contribution in [0, 0.1) is 0 Å². The van der Waals surface area contributed by atoms with Gasteiger partial charge in [-0.05, 0) is 25.8 Å². The number of nitrogens with zero attached hydrogens (tertiary/aromatic N) is 2. The Balaban J connectivity index is 1.57. The summed E-state index contributed by atoms with van der Waals surface area (Å²) in [5.74, 6) is 0. The van der Waals surface area contributed by atoms with Crippen LogP contribution in [0.1, 0.15) is 69.4 Å². The van der Waals surface area contributed by atoms with Gasteiger partial charge in [-0.15, -0.1) is 11.3 Å². The van der Waals surface area contributed by atoms with Gasteiger partial charge >= 0.3 is 0 Å². The largest absolute Gasteiger partial charge is 0.304 e. The minimum atomic E-state index is 0.129. The van der Waals surface area contributed by atoms with E-state index in [2.05, 4.69) is 80.5 Å². The summed E-state index contributed by atoms with van der Waals surface area (Å²) in [4.78, 5) is 7.45. The molecule has 1 aliphatic heterocycles. The molecule has 25 heavy (non-hydrogen) atoms. The Morgan fingerprint density at radius 1 is 1.20 bits per heavy atom. The van der Waals surface area contributed by atoms with Crippen molar-refractivity contribution in [2.24, 2.45) is 0 Å². The highest BCUT2D eigenvalue weighted by Crippen LogP contribution is 2.29. The lowest BCUT2D eigenvalue weighted by Crippen LogP contribution is -2.35. The summed E-state index contributed by atoms with van der Waals surface area (Å²) < 4.78 is 0. The molecule has 0 spiro atoms. The van der Waals surface area contributed by atoms with Crippen LogP contribution >= 0.6 is 11.3 Å². The molecule has 0 radical (unpaired) electrons. The molecule has 2 heterocycles. The van der Waals surface area contributed by atoms with Crippen molar-refractivity contribution in [3.8, 4) is 0 Å². The second-order valence-electron chi connectivity index (χ2n) is 8.28. The molecule has 3 rings (SSSR count). The fraction of sp³-hybridized carbons (Fsp3) is 0.571. The molecule has 0 aliphatic carbocycles. The van der Waals surface area contributed by atoms with E-state index in [1.165, 1.54) is 22.7 Å². The monoisotopic (exact) mass is 357 g/mol. The van der Waals surface area contributed by atoms with Crippen molar-refractivity contribution in [1.29, 1.82) is 0 Å². The first-order valence-electron chi connectivity index (χ1n) is 9.35. The minimum Gasteiger partial charge on any atom is -0.304 e. The highest BCUT2D eigenvalue weighted by molar-refractivity contribution is 7.09. The number of hydrogen-bond acceptors (Lipinski definition) is 4. The van der Waals surface area contributed by atoms with Crippen LogP contribution in [-0.4, -0.2) is 29.0 Å². The number of aromatic nitrogens is 1. The second kappa shape index (κ2) is 7.56. The molecule has 136 valence electrons. The average Bonchev–Trinajstić information content (AvgIpc) is 3.24. The Morgan fingerprint density at radius 2 is 1.92 bits per heavy atom. The molecule has 1 saturated heterocycles. The van der Waals surface area contributed by atoms with Crippen molar-refractivity contribution in [1.82, 2.24) is 15.2 Å². The number of nitrogens with one attached hydrogen (secondary N) is 1. The first-order chi connectivity index (χ1) is 11.8. The van der Waals surface area contributed by atoms with Gasteiger partial charge in [0.05, 0.1) is 11.7 Å². The molecule has 3 nitrogen and oxygen atoms in total. The maximum absolute atomic E-state index is 4.87. The van der Waals surface area contributed by atoms with Crippen LogP contribution in [0.4, 0.5) is 0 Å². The molecule has 1 fully saturated rings. The van der Waals surface area contributed by atoms with Crippen molar-refractivity contribution in [2.45, 2.75) is 64.6 Å². The van der Waals surface area contributed by atoms with Crippen molar-refractivity contribution in [2.75, 3.05) is 13.1 Å². The van der Waals surface area contributed by atoms with E-state index >= 15 is 0 Å². The van der Waals surface area contributed by atoms with Crippen LogP contribution in [-0.2, 0) is 5.41 Å². The van der Waals surface area contributed by atoms with Gasteiger partial charge in [0.15, 0.2) is 0 Å². The third-order valence-electron chi connectivity index (χ3n) is 5.20. The van der Waals surface area contributed by atoms with E-state index in [-0.39, 0.29) is 5.41 Å². The number of thiazole rings is 1. The average molecular weight is 358 g/mol. The summed E-state index contributed by atoms with van der Waals surface area (Å²) in [6.45, 7) is 13.5. The molecule has 0 saturated carbocycles. The maximum Gasteiger partial charge on any atom is 0.110 e. The normalized spacial score (nSPS) is 21.4. The lowest BCUT2D eigenvalue weighted by Gasteiger charge is -2.25. The molecule has 0 unspecified atom stereocenters. The maximum atomic E-state index is 4.87. The minimum absolute atomic E-state index is 0.129. The van der Waals surface area contributed by atoms with E-state index in [9.17, 15) is 0 Å². The smallest absolute Gasteiger partial charge is 0.110 e. The Hall–Kier alpha value is -1.23. The quantitative estimate of drug-likeness (QED) is 0.822. The zero-order chi connectivity index (χ0) is 18.0. The molecule has 0 bridgehead atoms. The lowest BCUT2D eigenvalue weighted by atomic mass is 9.93. The van der Waals surface area contributed by atoms with E-state index in [0.29, 0.717) is 18.1 Å². The first kappa shape index (κ1) is 18.6. The van der Waals surface area contributed by atoms with Gasteiger partial charge < -0.3 is 5.32 Å². The van der Waals surface area contributed by atoms with E-state index in [1.807, 2.05) is 0 Å². The van der Waals surface area contributed by atoms with Gasteiger partial charge in [-0.2, -0.15) is 0 Å². The van der Waals surface area contributed by atoms with Crippen molar-refractivity contribution >= 4 is 11.3 Å². The Labute approximate surface area is 156 Å². The standard InChI is InChI=1S/C21H31N3S/c1-15(20-23-19(14-25-20)21(3,4)5)22-18-11-12-24(13-18)16(2)17-9-7-6-8-10-17/h6-10,14-16,18,22H,11-13H2,1-5H3/t15-,16-,18+/m0/s1. The Kier molecular flexibility index (Phi) is 5.62. The molecule has 1 N–H and O–H groups in total. The molecule has 2 aromatic rings. The molecule has 1 aliphatic rings. The van der Waals surface area contributed by atoms with Gasteiger partial charge in [-0.3, -0.25) is 4.90 Å². The van der Waals surface area contributed by atoms with E-state index < -0.39 is 0 Å². The molecular weight excluding hydrogens is 326 g/mol. The number of likely N-dealkylation sites (tertiary alicyclic amines) is 1. The third-order valence-corrected chi connectivity index (χ3v) is 6.22. The molecule has 0 amide bonds. The summed E-state index contributed by atoms with van der Waals surface area (Å²) in [7, 11) is 0. The van der Waals surface area contributed by atoms with Crippen LogP contribution in [0.2, 0.25) is 0 Å². The van der Waals surface area contributed by atoms with Gasteiger partial charge in [0.1, 0.15) is 5.01 Å². The van der Waals surface area contributed by atoms with Crippen LogP contribution in [0.15, 0.2) is 35.7 Å². The summed E-state index contributed by atoms with van der Waals surface area (Å²) >= 11 is 1.78. The summed E-state index contributed by atoms with van der Waals surface area (Å²) in [6, 6.07) is 12.2. The lowest BCUT2D eigenvalue weighted by molar-refractivity contribution is 0.253. The van der Waals surface area contributed by atoms with Crippen LogP contribution in [0.3, 0.4) is 0 Å². The molecule has 1 aromatic carbocycles. The van der Waals surface area contributed by atoms with Crippen molar-refractivity contribution in [3.63, 3.8) is 0 Å². The van der Waals surface area contributed by atoms with Crippen LogP contribution < -0.4 is 5.32 Å². The predicted octanol–water partition coefficient (Wildman–Crippen LogP) is 4.93. The number of benzene rings is 1. The van der Waals surface area contributed by atoms with E-state index in [1.54, 1.807) is 11.3 Å². The molecular formula is C21H31N3S. The van der Waals surface area contributed by atoms with Gasteiger partial charge in [-0.25, -0.2) is 4.98 Å². The number of rotatable bonds is 5. The van der Waals surface area contributed by atoms with Crippen molar-refractivity contribution < 1.29 is 0 Å². The number of hydrogen-bond donors (Lipinski definition) is 1. The SMILES string of the molecule is C[C@H](N[C@@H]1CCN([C@@H](C)c2ccccc2)C1)c1nc(C(C)(C)C)cs1. The Bertz CT molecular complexity index is 674. The second-order valence-corrected chi connectivity index (χ2v) is 9.17. The summed E-state index contributed by atoms with van der Waals surface area (Å²) in [5.41, 5.74) is 2.74. The summed E-state index contributed by atoms with van der Waals surface area (Å²) in [6.07, 6.45) is 1.21. The van der Waals surface area contributed by atoms with Gasteiger partial charge in [0, 0.05) is 36.0 Å².